The van der Waals surface area contributed by atoms with E-state index in [1.165, 1.54) is 19.2 Å². The van der Waals surface area contributed by atoms with E-state index >= 15 is 0 Å². The summed E-state index contributed by atoms with van der Waals surface area (Å²) in [6.45, 7) is 1.40. The molecule has 1 fully saturated rings. The fraction of sp³-hybridized carbons (Fsp3) is 0.455. The summed E-state index contributed by atoms with van der Waals surface area (Å²) >= 11 is 0. The summed E-state index contributed by atoms with van der Waals surface area (Å²) in [5, 5.41) is 1.95. The van der Waals surface area contributed by atoms with E-state index in [1.54, 1.807) is 0 Å². The molecular weight excluding hydrogens is 273 g/mol. The Kier molecular flexibility index (Phi) is 3.81. The van der Waals surface area contributed by atoms with Crippen molar-refractivity contribution in [2.45, 2.75) is 36.9 Å². The van der Waals surface area contributed by atoms with E-state index in [0.29, 0.717) is 0 Å². The molecule has 1 aliphatic rings. The molecule has 1 amide bonds. The first-order valence-electron chi connectivity index (χ1n) is 5.83. The van der Waals surface area contributed by atoms with Gasteiger partial charge in [-0.15, -0.1) is 0 Å². The van der Waals surface area contributed by atoms with Crippen molar-refractivity contribution in [2.24, 2.45) is 0 Å². The summed E-state index contributed by atoms with van der Waals surface area (Å²) in [7, 11) is -4.15. The predicted octanol–water partition coefficient (Wildman–Crippen LogP) is 0.166. The number of amides is 1. The third-order valence-corrected chi connectivity index (χ3v) is 4.10. The molecule has 2 N–H and O–H groups in total. The van der Waals surface area contributed by atoms with Crippen molar-refractivity contribution in [3.8, 4) is 0 Å². The molecular formula is C11H14FN3O3S. The Balaban J connectivity index is 2.08. The highest BCUT2D eigenvalue weighted by molar-refractivity contribution is 7.89. The minimum absolute atomic E-state index is 0.131. The van der Waals surface area contributed by atoms with Crippen LogP contribution in [0.15, 0.2) is 23.4 Å². The molecule has 0 aromatic carbocycles. The summed E-state index contributed by atoms with van der Waals surface area (Å²) < 4.78 is 39.2. The number of aromatic nitrogens is 1. The number of hydrogen-bond donors (Lipinski definition) is 2. The minimum atomic E-state index is -4.15. The first kappa shape index (κ1) is 13.9. The van der Waals surface area contributed by atoms with Crippen LogP contribution in [0.5, 0.6) is 0 Å². The quantitative estimate of drug-likeness (QED) is 0.808. The number of nitrogens with zero attached hydrogens (tertiary/aromatic N) is 1. The highest BCUT2D eigenvalue weighted by Gasteiger charge is 2.29. The molecule has 0 saturated heterocycles. The Morgan fingerprint density at radius 2 is 2.21 bits per heavy atom. The zero-order chi connectivity index (χ0) is 14.0. The molecule has 0 aliphatic heterocycles. The Labute approximate surface area is 110 Å². The molecule has 1 aliphatic carbocycles. The second-order valence-electron chi connectivity index (χ2n) is 4.42. The van der Waals surface area contributed by atoms with Crippen molar-refractivity contribution < 1.29 is 17.6 Å². The monoisotopic (exact) mass is 287 g/mol. The van der Waals surface area contributed by atoms with E-state index < -0.39 is 32.8 Å². The molecule has 0 bridgehead atoms. The standard InChI is InChI=1S/C11H14FN3O3S/c1-7(10(16)14-8-4-5-8)15-19(17,18)11-9(12)3-2-6-13-11/h2-3,6-8,15H,4-5H2,1H3,(H,14,16). The molecule has 1 heterocycles. The highest BCUT2D eigenvalue weighted by atomic mass is 32.2. The van der Waals surface area contributed by atoms with Crippen molar-refractivity contribution in [2.75, 3.05) is 0 Å². The lowest BCUT2D eigenvalue weighted by Gasteiger charge is -2.13. The van der Waals surface area contributed by atoms with E-state index in [4.69, 9.17) is 0 Å². The second-order valence-corrected chi connectivity index (χ2v) is 6.05. The number of sulfonamides is 1. The Morgan fingerprint density at radius 3 is 2.79 bits per heavy atom. The average molecular weight is 287 g/mol. The third-order valence-electron chi connectivity index (χ3n) is 2.63. The zero-order valence-corrected chi connectivity index (χ0v) is 11.1. The summed E-state index contributed by atoms with van der Waals surface area (Å²) in [5.41, 5.74) is 0. The Hall–Kier alpha value is -1.54. The van der Waals surface area contributed by atoms with Crippen LogP contribution in [-0.4, -0.2) is 31.4 Å². The first-order valence-corrected chi connectivity index (χ1v) is 7.31. The van der Waals surface area contributed by atoms with Crippen LogP contribution < -0.4 is 10.0 Å². The number of hydrogen-bond acceptors (Lipinski definition) is 4. The molecule has 1 atom stereocenters. The molecule has 1 saturated carbocycles. The van der Waals surface area contributed by atoms with Crippen molar-refractivity contribution >= 4 is 15.9 Å². The van der Waals surface area contributed by atoms with Gasteiger partial charge in [0, 0.05) is 12.2 Å². The lowest BCUT2D eigenvalue weighted by Crippen LogP contribution is -2.45. The van der Waals surface area contributed by atoms with E-state index in [-0.39, 0.29) is 6.04 Å². The third kappa shape index (κ3) is 3.48. The maximum atomic E-state index is 13.4. The van der Waals surface area contributed by atoms with Crippen LogP contribution in [0, 0.1) is 5.82 Å². The molecule has 2 rings (SSSR count). The number of rotatable bonds is 5. The maximum absolute atomic E-state index is 13.4. The number of halogens is 1. The van der Waals surface area contributed by atoms with Crippen LogP contribution in [0.4, 0.5) is 4.39 Å². The van der Waals surface area contributed by atoms with Gasteiger partial charge in [-0.25, -0.2) is 17.8 Å². The van der Waals surface area contributed by atoms with Gasteiger partial charge in [0.05, 0.1) is 6.04 Å². The molecule has 8 heteroatoms. The van der Waals surface area contributed by atoms with Crippen LogP contribution in [0.3, 0.4) is 0 Å². The highest BCUT2D eigenvalue weighted by Crippen LogP contribution is 2.18. The molecule has 6 nitrogen and oxygen atoms in total. The van der Waals surface area contributed by atoms with Gasteiger partial charge < -0.3 is 5.32 Å². The predicted molar refractivity (Wildman–Crippen MR) is 65.1 cm³/mol. The summed E-state index contributed by atoms with van der Waals surface area (Å²) in [6, 6.07) is 1.44. The smallest absolute Gasteiger partial charge is 0.261 e. The Morgan fingerprint density at radius 1 is 1.53 bits per heavy atom. The van der Waals surface area contributed by atoms with Crippen LogP contribution in [0.25, 0.3) is 0 Å². The van der Waals surface area contributed by atoms with Crippen LogP contribution in [0.1, 0.15) is 19.8 Å². The number of carbonyl (C=O) groups is 1. The molecule has 104 valence electrons. The normalized spacial score (nSPS) is 16.9. The molecule has 1 aromatic heterocycles. The SMILES string of the molecule is CC(NS(=O)(=O)c1ncccc1F)C(=O)NC1CC1. The van der Waals surface area contributed by atoms with Crippen LogP contribution in [0.2, 0.25) is 0 Å². The first-order chi connectivity index (χ1) is 8.90. The van der Waals surface area contributed by atoms with Gasteiger partial charge in [-0.05, 0) is 31.9 Å². The van der Waals surface area contributed by atoms with Gasteiger partial charge in [0.15, 0.2) is 5.82 Å². The van der Waals surface area contributed by atoms with Crippen molar-refractivity contribution in [1.82, 2.24) is 15.0 Å². The molecule has 19 heavy (non-hydrogen) atoms. The van der Waals surface area contributed by atoms with E-state index in [0.717, 1.165) is 18.9 Å². The van der Waals surface area contributed by atoms with Crippen LogP contribution in [-0.2, 0) is 14.8 Å². The minimum Gasteiger partial charge on any atom is -0.352 e. The maximum Gasteiger partial charge on any atom is 0.261 e. The van der Waals surface area contributed by atoms with E-state index in [1.807, 2.05) is 0 Å². The van der Waals surface area contributed by atoms with Gasteiger partial charge in [0.1, 0.15) is 0 Å². The molecule has 1 unspecified atom stereocenters. The summed E-state index contributed by atoms with van der Waals surface area (Å²) in [5.74, 6) is -1.38. The Bertz CT molecular complexity index is 587. The van der Waals surface area contributed by atoms with E-state index in [9.17, 15) is 17.6 Å². The molecule has 0 spiro atoms. The summed E-state index contributed by atoms with van der Waals surface area (Å²) in [4.78, 5) is 15.1. The van der Waals surface area contributed by atoms with Gasteiger partial charge in [-0.1, -0.05) is 0 Å². The van der Waals surface area contributed by atoms with Gasteiger partial charge >= 0.3 is 0 Å². The number of pyridine rings is 1. The average Bonchev–Trinajstić information content (AvgIpc) is 3.12. The fourth-order valence-corrected chi connectivity index (χ4v) is 2.67. The van der Waals surface area contributed by atoms with Crippen molar-refractivity contribution in [3.05, 3.63) is 24.1 Å². The summed E-state index contributed by atoms with van der Waals surface area (Å²) in [6.07, 6.45) is 2.98. The number of nitrogens with one attached hydrogen (secondary N) is 2. The topological polar surface area (TPSA) is 88.2 Å². The van der Waals surface area contributed by atoms with Gasteiger partial charge in [0.25, 0.3) is 10.0 Å². The zero-order valence-electron chi connectivity index (χ0n) is 10.3. The fourth-order valence-electron chi connectivity index (χ4n) is 1.46. The lowest BCUT2D eigenvalue weighted by molar-refractivity contribution is -0.122. The second kappa shape index (κ2) is 5.22. The van der Waals surface area contributed by atoms with Crippen molar-refractivity contribution in [3.63, 3.8) is 0 Å². The van der Waals surface area contributed by atoms with Crippen molar-refractivity contribution in [1.29, 1.82) is 0 Å². The van der Waals surface area contributed by atoms with Gasteiger partial charge in [-0.3, -0.25) is 4.79 Å². The van der Waals surface area contributed by atoms with E-state index in [2.05, 4.69) is 15.0 Å². The lowest BCUT2D eigenvalue weighted by atomic mass is 10.3. The molecule has 1 aromatic rings. The van der Waals surface area contributed by atoms with Gasteiger partial charge in [-0.2, -0.15) is 4.72 Å². The number of carbonyl (C=O) groups excluding carboxylic acids is 1. The van der Waals surface area contributed by atoms with Crippen LogP contribution >= 0.6 is 0 Å². The largest absolute Gasteiger partial charge is 0.352 e. The van der Waals surface area contributed by atoms with Gasteiger partial charge in [0.2, 0.25) is 10.9 Å². The molecule has 0 radical (unpaired) electrons.